The molecule has 3 rings (SSSR count). The molecule has 0 spiro atoms. The van der Waals surface area contributed by atoms with Crippen molar-refractivity contribution in [3.05, 3.63) is 45.7 Å². The highest BCUT2D eigenvalue weighted by atomic mass is 32.1. The number of aromatic nitrogens is 1. The van der Waals surface area contributed by atoms with Crippen LogP contribution in [0.15, 0.2) is 23.6 Å². The van der Waals surface area contributed by atoms with Gasteiger partial charge in [-0.15, -0.1) is 11.3 Å². The Balaban J connectivity index is 1.66. The molecule has 23 heavy (non-hydrogen) atoms. The molecular weight excluding hydrogens is 317 g/mol. The van der Waals surface area contributed by atoms with Gasteiger partial charge in [-0.3, -0.25) is 9.59 Å². The Morgan fingerprint density at radius 3 is 3.09 bits per heavy atom. The van der Waals surface area contributed by atoms with Crippen LogP contribution in [0.5, 0.6) is 0 Å². The molecule has 0 bridgehead atoms. The Hall–Kier alpha value is -2.28. The van der Waals surface area contributed by atoms with E-state index in [1.165, 1.54) is 12.1 Å². The van der Waals surface area contributed by atoms with E-state index in [4.69, 9.17) is 0 Å². The van der Waals surface area contributed by atoms with E-state index in [1.54, 1.807) is 17.4 Å². The van der Waals surface area contributed by atoms with Crippen LogP contribution in [-0.4, -0.2) is 23.3 Å². The normalized spacial score (nSPS) is 16.6. The zero-order valence-corrected chi connectivity index (χ0v) is 13.4. The van der Waals surface area contributed by atoms with Gasteiger partial charge >= 0.3 is 0 Å². The first-order chi connectivity index (χ1) is 11.0. The lowest BCUT2D eigenvalue weighted by molar-refractivity contribution is -0.126. The molecule has 0 saturated carbocycles. The largest absolute Gasteiger partial charge is 0.355 e. The van der Waals surface area contributed by atoms with Gasteiger partial charge in [0.15, 0.2) is 0 Å². The standard InChI is InChI=1S/C16H16FN3O2S/c1-9-19-11(8-23-9)4-5-18-16(22)13-7-15(21)20-14-6-10(17)2-3-12(13)14/h2-3,6,8,13H,4-5,7H2,1H3,(H,18,22)(H,20,21)/t13-/m0/s1. The van der Waals surface area contributed by atoms with Gasteiger partial charge < -0.3 is 10.6 Å². The van der Waals surface area contributed by atoms with Crippen LogP contribution in [0.25, 0.3) is 0 Å². The first kappa shape index (κ1) is 15.6. The van der Waals surface area contributed by atoms with E-state index in [0.717, 1.165) is 10.7 Å². The van der Waals surface area contributed by atoms with Crippen molar-refractivity contribution in [3.8, 4) is 0 Å². The lowest BCUT2D eigenvalue weighted by Crippen LogP contribution is -2.36. The van der Waals surface area contributed by atoms with Gasteiger partial charge in [-0.05, 0) is 24.6 Å². The molecule has 0 saturated heterocycles. The SMILES string of the molecule is Cc1nc(CCNC(=O)[C@H]2CC(=O)Nc3cc(F)ccc32)cs1. The van der Waals surface area contributed by atoms with Crippen molar-refractivity contribution in [2.45, 2.75) is 25.7 Å². The highest BCUT2D eigenvalue weighted by Gasteiger charge is 2.30. The second-order valence-corrected chi connectivity index (χ2v) is 6.50. The summed E-state index contributed by atoms with van der Waals surface area (Å²) in [4.78, 5) is 28.5. The summed E-state index contributed by atoms with van der Waals surface area (Å²) in [7, 11) is 0. The molecule has 2 aromatic rings. The van der Waals surface area contributed by atoms with Gasteiger partial charge in [-0.25, -0.2) is 9.37 Å². The number of fused-ring (bicyclic) bond motifs is 1. The van der Waals surface area contributed by atoms with Crippen LogP contribution >= 0.6 is 11.3 Å². The Morgan fingerprint density at radius 2 is 2.35 bits per heavy atom. The molecule has 1 aromatic carbocycles. The molecule has 2 amide bonds. The number of halogens is 1. The second-order valence-electron chi connectivity index (χ2n) is 5.44. The zero-order valence-electron chi connectivity index (χ0n) is 12.6. The van der Waals surface area contributed by atoms with Crippen LogP contribution in [0.2, 0.25) is 0 Å². The first-order valence-corrected chi connectivity index (χ1v) is 8.19. The van der Waals surface area contributed by atoms with Crippen molar-refractivity contribution < 1.29 is 14.0 Å². The van der Waals surface area contributed by atoms with Gasteiger partial charge in [0.1, 0.15) is 5.82 Å². The first-order valence-electron chi connectivity index (χ1n) is 7.31. The van der Waals surface area contributed by atoms with E-state index in [-0.39, 0.29) is 18.2 Å². The molecule has 1 atom stereocenters. The van der Waals surface area contributed by atoms with Crippen LogP contribution in [0.1, 0.15) is 28.6 Å². The Kier molecular flexibility index (Phi) is 4.38. The average Bonchev–Trinajstić information content (AvgIpc) is 2.91. The summed E-state index contributed by atoms with van der Waals surface area (Å²) in [6.45, 7) is 2.39. The summed E-state index contributed by atoms with van der Waals surface area (Å²) >= 11 is 1.57. The van der Waals surface area contributed by atoms with Crippen molar-refractivity contribution >= 4 is 28.8 Å². The third-order valence-electron chi connectivity index (χ3n) is 3.72. The van der Waals surface area contributed by atoms with Gasteiger partial charge in [-0.1, -0.05) is 6.07 Å². The number of nitrogens with one attached hydrogen (secondary N) is 2. The molecule has 120 valence electrons. The molecule has 0 unspecified atom stereocenters. The molecule has 7 heteroatoms. The van der Waals surface area contributed by atoms with E-state index >= 15 is 0 Å². The van der Waals surface area contributed by atoms with Crippen molar-refractivity contribution in [3.63, 3.8) is 0 Å². The minimum atomic E-state index is -0.587. The Morgan fingerprint density at radius 1 is 1.52 bits per heavy atom. The highest BCUT2D eigenvalue weighted by molar-refractivity contribution is 7.09. The molecule has 5 nitrogen and oxygen atoms in total. The number of thiazole rings is 1. The van der Waals surface area contributed by atoms with Crippen molar-refractivity contribution in [1.82, 2.24) is 10.3 Å². The molecule has 0 fully saturated rings. The fraction of sp³-hybridized carbons (Fsp3) is 0.312. The van der Waals surface area contributed by atoms with Gasteiger partial charge in [0.05, 0.1) is 16.6 Å². The van der Waals surface area contributed by atoms with Crippen LogP contribution in [0.3, 0.4) is 0 Å². The molecule has 1 aliphatic heterocycles. The monoisotopic (exact) mass is 333 g/mol. The number of hydrogen-bond donors (Lipinski definition) is 2. The number of amides is 2. The van der Waals surface area contributed by atoms with Crippen molar-refractivity contribution in [1.29, 1.82) is 0 Å². The van der Waals surface area contributed by atoms with Gasteiger partial charge in [0.2, 0.25) is 11.8 Å². The summed E-state index contributed by atoms with van der Waals surface area (Å²) in [5.41, 5.74) is 1.96. The fourth-order valence-corrected chi connectivity index (χ4v) is 3.28. The summed E-state index contributed by atoms with van der Waals surface area (Å²) in [6, 6.07) is 4.09. The summed E-state index contributed by atoms with van der Waals surface area (Å²) in [5.74, 6) is -1.53. The molecule has 2 heterocycles. The maximum atomic E-state index is 13.3. The fourth-order valence-electron chi connectivity index (χ4n) is 2.63. The minimum absolute atomic E-state index is 0.0697. The Labute approximate surface area is 136 Å². The quantitative estimate of drug-likeness (QED) is 0.902. The summed E-state index contributed by atoms with van der Waals surface area (Å²) < 4.78 is 13.3. The molecule has 0 aliphatic carbocycles. The minimum Gasteiger partial charge on any atom is -0.355 e. The van der Waals surface area contributed by atoms with Crippen LogP contribution < -0.4 is 10.6 Å². The number of rotatable bonds is 4. The third-order valence-corrected chi connectivity index (χ3v) is 4.54. The van der Waals surface area contributed by atoms with E-state index in [9.17, 15) is 14.0 Å². The van der Waals surface area contributed by atoms with Crippen LogP contribution in [-0.2, 0) is 16.0 Å². The predicted molar refractivity (Wildman–Crippen MR) is 86.0 cm³/mol. The number of carbonyl (C=O) groups is 2. The lowest BCUT2D eigenvalue weighted by atomic mass is 9.89. The Bertz CT molecular complexity index is 760. The lowest BCUT2D eigenvalue weighted by Gasteiger charge is -2.24. The third kappa shape index (κ3) is 3.56. The molecule has 2 N–H and O–H groups in total. The average molecular weight is 333 g/mol. The number of hydrogen-bond acceptors (Lipinski definition) is 4. The summed E-state index contributed by atoms with van der Waals surface area (Å²) in [6.07, 6.45) is 0.714. The molecule has 0 radical (unpaired) electrons. The molecule has 1 aliphatic rings. The van der Waals surface area contributed by atoms with Gasteiger partial charge in [-0.2, -0.15) is 0 Å². The van der Waals surface area contributed by atoms with E-state index < -0.39 is 11.7 Å². The van der Waals surface area contributed by atoms with Crippen LogP contribution in [0, 0.1) is 12.7 Å². The van der Waals surface area contributed by atoms with Crippen molar-refractivity contribution in [2.24, 2.45) is 0 Å². The second kappa shape index (κ2) is 6.45. The number of carbonyl (C=O) groups excluding carboxylic acids is 2. The predicted octanol–water partition coefficient (Wildman–Crippen LogP) is 2.38. The molecular formula is C16H16FN3O2S. The highest BCUT2D eigenvalue weighted by Crippen LogP contribution is 2.32. The maximum Gasteiger partial charge on any atom is 0.228 e. The van der Waals surface area contributed by atoms with E-state index in [2.05, 4.69) is 15.6 Å². The maximum absolute atomic E-state index is 13.3. The number of aryl methyl sites for hydroxylation is 1. The number of anilines is 1. The number of nitrogens with zero attached hydrogens (tertiary/aromatic N) is 1. The topological polar surface area (TPSA) is 71.1 Å². The van der Waals surface area contributed by atoms with E-state index in [1.807, 2.05) is 12.3 Å². The zero-order chi connectivity index (χ0) is 16.4. The number of benzene rings is 1. The molecule has 1 aromatic heterocycles. The van der Waals surface area contributed by atoms with E-state index in [0.29, 0.717) is 24.2 Å². The van der Waals surface area contributed by atoms with Gasteiger partial charge in [0, 0.05) is 30.5 Å². The smallest absolute Gasteiger partial charge is 0.228 e. The van der Waals surface area contributed by atoms with Crippen LogP contribution in [0.4, 0.5) is 10.1 Å². The van der Waals surface area contributed by atoms with Gasteiger partial charge in [0.25, 0.3) is 0 Å². The van der Waals surface area contributed by atoms with Crippen molar-refractivity contribution in [2.75, 3.05) is 11.9 Å². The summed E-state index contributed by atoms with van der Waals surface area (Å²) in [5, 5.41) is 8.40.